The van der Waals surface area contributed by atoms with Gasteiger partial charge in [0.2, 0.25) is 0 Å². The molecule has 0 aliphatic rings. The summed E-state index contributed by atoms with van der Waals surface area (Å²) in [5.74, 6) is -36.3. The molecule has 1 aromatic rings. The predicted octanol–water partition coefficient (Wildman–Crippen LogP) is 3.22. The van der Waals surface area contributed by atoms with Gasteiger partial charge in [-0.25, -0.2) is 0 Å². The SMILES string of the molecule is FC(F)(F)C(F)(F)C(F)(F)C(F)(F)C(F)(F)C(F)(F)C[CH2][Sn][c]1ccccc1.NC(CO)(CO)CO. The average molecular weight is 664 g/mol. The topological polar surface area (TPSA) is 86.7 Å². The van der Waals surface area contributed by atoms with Crippen molar-refractivity contribution in [2.24, 2.45) is 5.73 Å². The molecule has 210 valence electrons. The Balaban J connectivity index is 0.00000131. The molecule has 36 heavy (non-hydrogen) atoms. The van der Waals surface area contributed by atoms with E-state index in [0.717, 1.165) is 0 Å². The minimum Gasteiger partial charge on any atom is -0.394 e. The fourth-order valence-electron chi connectivity index (χ4n) is 2.03. The molecule has 0 fully saturated rings. The Morgan fingerprint density at radius 3 is 1.33 bits per heavy atom. The first-order valence-electron chi connectivity index (χ1n) is 9.37. The van der Waals surface area contributed by atoms with Gasteiger partial charge in [-0.1, -0.05) is 0 Å². The summed E-state index contributed by atoms with van der Waals surface area (Å²) in [6, 6.07) is 7.26. The Hall–Kier alpha value is -1.05. The fraction of sp³-hybridized carbons (Fsp3) is 0.667. The number of hydrogen-bond donors (Lipinski definition) is 4. The summed E-state index contributed by atoms with van der Waals surface area (Å²) in [6.45, 7) is -1.21. The third-order valence-corrected chi connectivity index (χ3v) is 8.03. The summed E-state index contributed by atoms with van der Waals surface area (Å²) in [7, 11) is 0. The molecule has 4 nitrogen and oxygen atoms in total. The van der Waals surface area contributed by atoms with Gasteiger partial charge in [0, 0.05) is 0 Å². The third kappa shape index (κ3) is 7.28. The normalized spacial score (nSPS) is 14.4. The van der Waals surface area contributed by atoms with Crippen LogP contribution in [0.15, 0.2) is 30.3 Å². The van der Waals surface area contributed by atoms with Crippen LogP contribution in [0.25, 0.3) is 0 Å². The molecule has 0 saturated carbocycles. The second kappa shape index (κ2) is 12.2. The van der Waals surface area contributed by atoms with Crippen LogP contribution in [0, 0.1) is 0 Å². The van der Waals surface area contributed by atoms with Crippen molar-refractivity contribution in [3.63, 3.8) is 0 Å². The molecule has 0 bridgehead atoms. The van der Waals surface area contributed by atoms with Crippen LogP contribution in [0.3, 0.4) is 0 Å². The summed E-state index contributed by atoms with van der Waals surface area (Å²) in [4.78, 5) is 0. The first-order chi connectivity index (χ1) is 16.0. The maximum absolute atomic E-state index is 13.6. The number of aliphatic hydroxyl groups excluding tert-OH is 3. The van der Waals surface area contributed by atoms with Crippen LogP contribution in [0.5, 0.6) is 0 Å². The van der Waals surface area contributed by atoms with Crippen LogP contribution in [0.1, 0.15) is 6.42 Å². The van der Waals surface area contributed by atoms with Gasteiger partial charge in [0.1, 0.15) is 0 Å². The number of benzene rings is 1. The second-order valence-electron chi connectivity index (χ2n) is 7.38. The molecule has 0 aliphatic carbocycles. The summed E-state index contributed by atoms with van der Waals surface area (Å²) in [5.41, 5.74) is 3.94. The smallest absolute Gasteiger partial charge is 0.0856 e. The molecule has 0 aromatic heterocycles. The molecule has 18 heteroatoms. The zero-order valence-corrected chi connectivity index (χ0v) is 20.6. The Morgan fingerprint density at radius 1 is 0.611 bits per heavy atom. The molecule has 5 N–H and O–H groups in total. The van der Waals surface area contributed by atoms with Gasteiger partial charge in [0.15, 0.2) is 0 Å². The van der Waals surface area contributed by atoms with Gasteiger partial charge in [-0.2, -0.15) is 0 Å². The molecule has 0 amide bonds. The number of nitrogens with two attached hydrogens (primary N) is 1. The van der Waals surface area contributed by atoms with Crippen LogP contribution < -0.4 is 9.31 Å². The molecule has 0 unspecified atom stereocenters. The van der Waals surface area contributed by atoms with E-state index in [9.17, 15) is 57.1 Å². The molecule has 0 heterocycles. The monoisotopic (exact) mass is 665 g/mol. The van der Waals surface area contributed by atoms with Gasteiger partial charge in [0.25, 0.3) is 0 Å². The van der Waals surface area contributed by atoms with Crippen LogP contribution in [-0.2, 0) is 0 Å². The maximum atomic E-state index is 13.6. The number of aliphatic hydroxyl groups is 3. The Bertz CT molecular complexity index is 795. The average Bonchev–Trinajstić information content (AvgIpc) is 2.78. The second-order valence-corrected chi connectivity index (χ2v) is 11.5. The Labute approximate surface area is 205 Å². The van der Waals surface area contributed by atoms with Crippen molar-refractivity contribution in [3.05, 3.63) is 30.3 Å². The van der Waals surface area contributed by atoms with E-state index >= 15 is 0 Å². The maximum Gasteiger partial charge on any atom is 0.0856 e. The summed E-state index contributed by atoms with van der Waals surface area (Å²) in [6.07, 6.45) is -9.47. The molecule has 1 aromatic carbocycles. The zero-order chi connectivity index (χ0) is 28.9. The van der Waals surface area contributed by atoms with E-state index in [1.165, 1.54) is 30.3 Å². The van der Waals surface area contributed by atoms with E-state index < -0.39 is 93.1 Å². The van der Waals surface area contributed by atoms with Crippen molar-refractivity contribution in [2.45, 2.75) is 52.2 Å². The van der Waals surface area contributed by atoms with Crippen LogP contribution in [-0.4, -0.2) is 97.6 Å². The number of hydrogen-bond acceptors (Lipinski definition) is 4. The number of halogens is 13. The number of alkyl halides is 13. The van der Waals surface area contributed by atoms with Gasteiger partial charge in [-0.15, -0.1) is 0 Å². The predicted molar refractivity (Wildman–Crippen MR) is 100 cm³/mol. The van der Waals surface area contributed by atoms with Crippen molar-refractivity contribution in [1.29, 1.82) is 0 Å². The fourth-order valence-corrected chi connectivity index (χ4v) is 5.33. The number of rotatable bonds is 11. The zero-order valence-electron chi connectivity index (χ0n) is 17.8. The molecule has 0 saturated heterocycles. The van der Waals surface area contributed by atoms with Crippen molar-refractivity contribution in [2.75, 3.05) is 19.8 Å². The summed E-state index contributed by atoms with van der Waals surface area (Å²) >= 11 is -2.05. The Kier molecular flexibility index (Phi) is 11.8. The van der Waals surface area contributed by atoms with Gasteiger partial charge in [-0.05, 0) is 0 Å². The van der Waals surface area contributed by atoms with E-state index in [0.29, 0.717) is 3.58 Å². The van der Waals surface area contributed by atoms with Gasteiger partial charge in [0.05, 0.1) is 25.4 Å². The van der Waals surface area contributed by atoms with E-state index in [4.69, 9.17) is 21.1 Å². The summed E-state index contributed by atoms with van der Waals surface area (Å²) in [5, 5.41) is 25.0. The van der Waals surface area contributed by atoms with Crippen LogP contribution in [0.4, 0.5) is 57.1 Å². The molecule has 0 aliphatic heterocycles. The van der Waals surface area contributed by atoms with Crippen molar-refractivity contribution >= 4 is 24.7 Å². The van der Waals surface area contributed by atoms with Gasteiger partial charge < -0.3 is 21.1 Å². The van der Waals surface area contributed by atoms with E-state index in [1.807, 2.05) is 0 Å². The minimum absolute atomic E-state index is 0.403. The van der Waals surface area contributed by atoms with Gasteiger partial charge in [-0.3, -0.25) is 0 Å². The molecular weight excluding hydrogens is 644 g/mol. The molecule has 1 rings (SSSR count). The van der Waals surface area contributed by atoms with Crippen molar-refractivity contribution in [3.8, 4) is 0 Å². The van der Waals surface area contributed by atoms with Crippen molar-refractivity contribution in [1.82, 2.24) is 0 Å². The standard InChI is InChI=1S/C8H4F13.C6H5.C4H11NO3.Sn/c1-2-3(9,10)4(11,12)5(13,14)6(15,16)7(17,18)8(19,20)21;1-2-4-6-5-3-1;5-4(1-6,2-7)3-8;/h1-2H2;1-5H;6-8H,1-3,5H2;. The molecule has 2 radical (unpaired) electrons. The molecule has 0 spiro atoms. The first kappa shape index (κ1) is 34.9. The van der Waals surface area contributed by atoms with E-state index in [1.54, 1.807) is 0 Å². The largest absolute Gasteiger partial charge is 0.394 e. The van der Waals surface area contributed by atoms with E-state index in [-0.39, 0.29) is 0 Å². The first-order valence-corrected chi connectivity index (χ1v) is 12.8. The van der Waals surface area contributed by atoms with Crippen LogP contribution >= 0.6 is 0 Å². The summed E-state index contributed by atoms with van der Waals surface area (Å²) < 4.78 is 168. The molecule has 0 atom stereocenters. The molecular formula is C18H20F13NO3Sn. The van der Waals surface area contributed by atoms with E-state index in [2.05, 4.69) is 0 Å². The Morgan fingerprint density at radius 2 is 1.00 bits per heavy atom. The third-order valence-electron chi connectivity index (χ3n) is 4.48. The quantitative estimate of drug-likeness (QED) is 0.217. The van der Waals surface area contributed by atoms with Crippen LogP contribution in [0.2, 0.25) is 4.44 Å². The minimum atomic E-state index is -7.83. The van der Waals surface area contributed by atoms with Crippen molar-refractivity contribution < 1.29 is 72.4 Å². The van der Waals surface area contributed by atoms with Gasteiger partial charge >= 0.3 is 159 Å².